The molecule has 0 fully saturated rings. The first-order valence-electron chi connectivity index (χ1n) is 6.36. The second-order valence-corrected chi connectivity index (χ2v) is 4.40. The van der Waals surface area contributed by atoms with Gasteiger partial charge in [-0.25, -0.2) is 4.79 Å². The number of carboxylic acids is 1. The van der Waals surface area contributed by atoms with Gasteiger partial charge in [-0.1, -0.05) is 49.0 Å². The highest BCUT2D eigenvalue weighted by molar-refractivity contribution is 5.85. The third kappa shape index (κ3) is 3.72. The average Bonchev–Trinajstić information content (AvgIpc) is 2.48. The fourth-order valence-electron chi connectivity index (χ4n) is 1.77. The molecule has 2 rings (SSSR count). The van der Waals surface area contributed by atoms with Crippen molar-refractivity contribution in [3.05, 3.63) is 66.7 Å². The molecule has 0 bridgehead atoms. The molecule has 0 aliphatic rings. The lowest BCUT2D eigenvalue weighted by atomic mass is 10.1. The van der Waals surface area contributed by atoms with E-state index in [4.69, 9.17) is 9.84 Å². The van der Waals surface area contributed by atoms with Gasteiger partial charge in [-0.05, 0) is 23.3 Å². The van der Waals surface area contributed by atoms with Crippen molar-refractivity contribution >= 4 is 5.97 Å². The van der Waals surface area contributed by atoms with E-state index in [9.17, 15) is 4.79 Å². The normalized spacial score (nSPS) is 10.0. The Kier molecular flexibility index (Phi) is 4.56. The summed E-state index contributed by atoms with van der Waals surface area (Å²) >= 11 is 0. The van der Waals surface area contributed by atoms with Crippen LogP contribution in [0, 0.1) is 0 Å². The van der Waals surface area contributed by atoms with Gasteiger partial charge in [0.15, 0.2) is 0 Å². The first-order valence-corrected chi connectivity index (χ1v) is 6.36. The van der Waals surface area contributed by atoms with Gasteiger partial charge in [0.05, 0.1) is 6.61 Å². The number of aliphatic carboxylic acids is 1. The Hall–Kier alpha value is -2.55. The zero-order valence-corrected chi connectivity index (χ0v) is 11.1. The Labute approximate surface area is 118 Å². The molecule has 0 aliphatic carbocycles. The Bertz CT molecular complexity index is 585. The van der Waals surface area contributed by atoms with Gasteiger partial charge in [-0.15, -0.1) is 0 Å². The van der Waals surface area contributed by atoms with E-state index in [-0.39, 0.29) is 5.57 Å². The molecular formula is C17H16O3. The standard InChI is InChI=1S/C17H16O3/c1-13(17(18)19)11-12-20-16-9-7-15(8-10-16)14-5-3-2-4-6-14/h2-10H,1,11-12H2,(H,18,19). The highest BCUT2D eigenvalue weighted by atomic mass is 16.5. The number of hydrogen-bond acceptors (Lipinski definition) is 2. The smallest absolute Gasteiger partial charge is 0.331 e. The highest BCUT2D eigenvalue weighted by Crippen LogP contribution is 2.22. The van der Waals surface area contributed by atoms with E-state index in [0.717, 1.165) is 16.9 Å². The van der Waals surface area contributed by atoms with Crippen LogP contribution < -0.4 is 4.74 Å². The Morgan fingerprint density at radius 1 is 1.00 bits per heavy atom. The topological polar surface area (TPSA) is 46.5 Å². The number of hydrogen-bond donors (Lipinski definition) is 1. The van der Waals surface area contributed by atoms with Crippen LogP contribution in [0.5, 0.6) is 5.75 Å². The zero-order chi connectivity index (χ0) is 14.4. The molecule has 0 saturated heterocycles. The van der Waals surface area contributed by atoms with Gasteiger partial charge in [-0.3, -0.25) is 0 Å². The monoisotopic (exact) mass is 268 g/mol. The summed E-state index contributed by atoms with van der Waals surface area (Å²) in [5, 5.41) is 8.69. The first-order chi connectivity index (χ1) is 9.66. The van der Waals surface area contributed by atoms with Crippen LogP contribution in [0.4, 0.5) is 0 Å². The van der Waals surface area contributed by atoms with Crippen molar-refractivity contribution in [3.63, 3.8) is 0 Å². The van der Waals surface area contributed by atoms with Crippen molar-refractivity contribution in [1.29, 1.82) is 0 Å². The predicted octanol–water partition coefficient (Wildman–Crippen LogP) is 3.76. The average molecular weight is 268 g/mol. The SMILES string of the molecule is C=C(CCOc1ccc(-c2ccccc2)cc1)C(=O)O. The largest absolute Gasteiger partial charge is 0.493 e. The van der Waals surface area contributed by atoms with Crippen LogP contribution in [0.2, 0.25) is 0 Å². The van der Waals surface area contributed by atoms with E-state index >= 15 is 0 Å². The summed E-state index contributed by atoms with van der Waals surface area (Å²) in [6.45, 7) is 3.77. The van der Waals surface area contributed by atoms with E-state index in [0.29, 0.717) is 13.0 Å². The van der Waals surface area contributed by atoms with Crippen molar-refractivity contribution in [3.8, 4) is 16.9 Å². The van der Waals surface area contributed by atoms with Crippen LogP contribution in [0.25, 0.3) is 11.1 Å². The maximum absolute atomic E-state index is 10.6. The minimum absolute atomic E-state index is 0.158. The number of carboxylic acid groups (broad SMARTS) is 1. The van der Waals surface area contributed by atoms with Crippen LogP contribution in [0.15, 0.2) is 66.7 Å². The van der Waals surface area contributed by atoms with Gasteiger partial charge in [0.25, 0.3) is 0 Å². The summed E-state index contributed by atoms with van der Waals surface area (Å²) in [5.41, 5.74) is 2.43. The Morgan fingerprint density at radius 2 is 1.60 bits per heavy atom. The second kappa shape index (κ2) is 6.57. The highest BCUT2D eigenvalue weighted by Gasteiger charge is 2.04. The minimum atomic E-state index is -0.979. The second-order valence-electron chi connectivity index (χ2n) is 4.40. The molecule has 0 amide bonds. The molecule has 0 aliphatic heterocycles. The zero-order valence-electron chi connectivity index (χ0n) is 11.1. The Morgan fingerprint density at radius 3 is 2.20 bits per heavy atom. The summed E-state index contributed by atoms with van der Waals surface area (Å²) in [4.78, 5) is 10.6. The number of rotatable bonds is 6. The number of ether oxygens (including phenoxy) is 1. The molecule has 2 aromatic carbocycles. The molecule has 0 unspecified atom stereocenters. The van der Waals surface area contributed by atoms with Crippen molar-refractivity contribution in [2.24, 2.45) is 0 Å². The van der Waals surface area contributed by atoms with Crippen molar-refractivity contribution in [2.75, 3.05) is 6.61 Å². The van der Waals surface area contributed by atoms with Crippen LogP contribution in [-0.2, 0) is 4.79 Å². The summed E-state index contributed by atoms with van der Waals surface area (Å²) < 4.78 is 5.49. The van der Waals surface area contributed by atoms with Crippen LogP contribution in [-0.4, -0.2) is 17.7 Å². The van der Waals surface area contributed by atoms with Crippen molar-refractivity contribution in [1.82, 2.24) is 0 Å². The molecule has 0 radical (unpaired) electrons. The lowest BCUT2D eigenvalue weighted by Crippen LogP contribution is -2.05. The van der Waals surface area contributed by atoms with Gasteiger partial charge in [0.1, 0.15) is 5.75 Å². The van der Waals surface area contributed by atoms with Crippen LogP contribution in [0.3, 0.4) is 0 Å². The molecule has 0 aromatic heterocycles. The van der Waals surface area contributed by atoms with Gasteiger partial charge in [0, 0.05) is 12.0 Å². The van der Waals surface area contributed by atoms with E-state index in [1.807, 2.05) is 54.6 Å². The van der Waals surface area contributed by atoms with Crippen LogP contribution in [0.1, 0.15) is 6.42 Å². The lowest BCUT2D eigenvalue weighted by Gasteiger charge is -2.07. The number of carbonyl (C=O) groups is 1. The molecule has 3 nitrogen and oxygen atoms in total. The molecule has 20 heavy (non-hydrogen) atoms. The summed E-state index contributed by atoms with van der Waals surface area (Å²) in [6.07, 6.45) is 0.315. The minimum Gasteiger partial charge on any atom is -0.493 e. The molecular weight excluding hydrogens is 252 g/mol. The van der Waals surface area contributed by atoms with Gasteiger partial charge < -0.3 is 9.84 Å². The predicted molar refractivity (Wildman–Crippen MR) is 78.8 cm³/mol. The number of benzene rings is 2. The first kappa shape index (κ1) is 13.9. The maximum atomic E-state index is 10.6. The quantitative estimate of drug-likeness (QED) is 0.811. The summed E-state index contributed by atoms with van der Waals surface area (Å²) in [7, 11) is 0. The molecule has 1 N–H and O–H groups in total. The van der Waals surface area contributed by atoms with E-state index in [1.165, 1.54) is 0 Å². The summed E-state index contributed by atoms with van der Waals surface area (Å²) in [5.74, 6) is -0.254. The lowest BCUT2D eigenvalue weighted by molar-refractivity contribution is -0.132. The molecule has 2 aromatic rings. The third-order valence-corrected chi connectivity index (χ3v) is 2.94. The molecule has 3 heteroatoms. The molecule has 0 atom stereocenters. The van der Waals surface area contributed by atoms with Gasteiger partial charge in [0.2, 0.25) is 0 Å². The molecule has 0 spiro atoms. The van der Waals surface area contributed by atoms with Crippen molar-refractivity contribution < 1.29 is 14.6 Å². The van der Waals surface area contributed by atoms with Crippen LogP contribution >= 0.6 is 0 Å². The van der Waals surface area contributed by atoms with E-state index in [1.54, 1.807) is 0 Å². The molecule has 102 valence electrons. The van der Waals surface area contributed by atoms with E-state index in [2.05, 4.69) is 6.58 Å². The Balaban J connectivity index is 1.92. The van der Waals surface area contributed by atoms with Crippen molar-refractivity contribution in [2.45, 2.75) is 6.42 Å². The van der Waals surface area contributed by atoms with Gasteiger partial charge in [-0.2, -0.15) is 0 Å². The van der Waals surface area contributed by atoms with Gasteiger partial charge >= 0.3 is 5.97 Å². The van der Waals surface area contributed by atoms with E-state index < -0.39 is 5.97 Å². The fourth-order valence-corrected chi connectivity index (χ4v) is 1.77. The summed E-state index contributed by atoms with van der Waals surface area (Å²) in [6, 6.07) is 17.8. The molecule has 0 heterocycles. The third-order valence-electron chi connectivity index (χ3n) is 2.94. The maximum Gasteiger partial charge on any atom is 0.331 e. The molecule has 0 saturated carbocycles. The fraction of sp³-hybridized carbons (Fsp3) is 0.118.